The lowest BCUT2D eigenvalue weighted by Crippen LogP contribution is -2.71. The van der Waals surface area contributed by atoms with Crippen molar-refractivity contribution in [1.82, 2.24) is 20.2 Å². The van der Waals surface area contributed by atoms with Gasteiger partial charge in [0.05, 0.1) is 16.6 Å². The molecule has 1 fully saturated rings. The molecule has 2 aliphatic rings. The summed E-state index contributed by atoms with van der Waals surface area (Å²) in [5.74, 6) is -2.26. The SMILES string of the molecule is CO/N=C(\C(=O)N[C@H]1C(=O)N2C(C(=O)OCOC(=O)C(C)(C)C)=C(/C=C\c3scnc3C)CSC12)c1csc(N)n1. The first-order valence-corrected chi connectivity index (χ1v) is 15.0. The summed E-state index contributed by atoms with van der Waals surface area (Å²) in [4.78, 5) is 67.0. The molecule has 41 heavy (non-hydrogen) atoms. The van der Waals surface area contributed by atoms with Gasteiger partial charge in [-0.15, -0.1) is 34.4 Å². The second-order valence-corrected chi connectivity index (χ2v) is 12.7. The Hall–Kier alpha value is -3.76. The summed E-state index contributed by atoms with van der Waals surface area (Å²) in [6.45, 7) is 6.27. The van der Waals surface area contributed by atoms with Gasteiger partial charge in [-0.3, -0.25) is 19.3 Å². The minimum Gasteiger partial charge on any atom is -0.427 e. The Labute approximate surface area is 247 Å². The zero-order valence-electron chi connectivity index (χ0n) is 22.8. The number of aryl methyl sites for hydroxylation is 1. The zero-order chi connectivity index (χ0) is 29.9. The third kappa shape index (κ3) is 6.60. The lowest BCUT2D eigenvalue weighted by molar-refractivity contribution is -0.173. The fraction of sp³-hybridized carbons (Fsp3) is 0.400. The number of thioether (sulfide) groups is 1. The van der Waals surface area contributed by atoms with Crippen molar-refractivity contribution in [3.63, 3.8) is 0 Å². The maximum atomic E-state index is 13.3. The number of carbonyl (C=O) groups is 4. The van der Waals surface area contributed by atoms with Crippen LogP contribution in [0.1, 0.15) is 37.0 Å². The number of nitrogens with two attached hydrogens (primary N) is 1. The average molecular weight is 621 g/mol. The van der Waals surface area contributed by atoms with Crippen LogP contribution in [0.25, 0.3) is 6.08 Å². The largest absolute Gasteiger partial charge is 0.427 e. The van der Waals surface area contributed by atoms with Gasteiger partial charge in [0.25, 0.3) is 11.8 Å². The van der Waals surface area contributed by atoms with Crippen LogP contribution in [0.5, 0.6) is 0 Å². The predicted octanol–water partition coefficient (Wildman–Crippen LogP) is 2.30. The van der Waals surface area contributed by atoms with Gasteiger partial charge in [-0.1, -0.05) is 11.2 Å². The number of hydrogen-bond acceptors (Lipinski definition) is 14. The number of hydrogen-bond donors (Lipinski definition) is 2. The monoisotopic (exact) mass is 620 g/mol. The highest BCUT2D eigenvalue weighted by Crippen LogP contribution is 2.41. The van der Waals surface area contributed by atoms with E-state index in [0.29, 0.717) is 11.3 Å². The fourth-order valence-corrected chi connectivity index (χ4v) is 6.29. The molecule has 0 radical (unpaired) electrons. The summed E-state index contributed by atoms with van der Waals surface area (Å²) in [7, 11) is 1.28. The number of amides is 2. The Balaban J connectivity index is 1.55. The van der Waals surface area contributed by atoms with Crippen LogP contribution in [0.2, 0.25) is 0 Å². The summed E-state index contributed by atoms with van der Waals surface area (Å²) in [6, 6.07) is -0.957. The zero-order valence-corrected chi connectivity index (χ0v) is 25.3. The summed E-state index contributed by atoms with van der Waals surface area (Å²) in [5, 5.41) is 7.59. The van der Waals surface area contributed by atoms with E-state index in [1.165, 1.54) is 35.1 Å². The molecule has 2 atom stereocenters. The highest BCUT2D eigenvalue weighted by atomic mass is 32.2. The molecule has 218 valence electrons. The van der Waals surface area contributed by atoms with Gasteiger partial charge in [-0.05, 0) is 39.3 Å². The van der Waals surface area contributed by atoms with Crippen molar-refractivity contribution in [1.29, 1.82) is 0 Å². The Kier molecular flexibility index (Phi) is 9.14. The smallest absolute Gasteiger partial charge is 0.358 e. The summed E-state index contributed by atoms with van der Waals surface area (Å²) < 4.78 is 10.3. The number of esters is 2. The molecule has 2 aromatic heterocycles. The molecule has 0 aliphatic carbocycles. The van der Waals surface area contributed by atoms with Crippen LogP contribution in [0.15, 0.2) is 33.4 Å². The number of nitrogens with one attached hydrogen (secondary N) is 1. The number of ether oxygens (including phenoxy) is 2. The molecule has 4 heterocycles. The second-order valence-electron chi connectivity index (χ2n) is 9.80. The van der Waals surface area contributed by atoms with Crippen molar-refractivity contribution in [3.8, 4) is 0 Å². The number of rotatable bonds is 9. The van der Waals surface area contributed by atoms with Crippen LogP contribution in [0, 0.1) is 12.3 Å². The summed E-state index contributed by atoms with van der Waals surface area (Å²) >= 11 is 3.92. The fourth-order valence-electron chi connectivity index (χ4n) is 3.73. The van der Waals surface area contributed by atoms with Crippen LogP contribution < -0.4 is 11.1 Å². The number of allylic oxidation sites excluding steroid dienone is 1. The molecular weight excluding hydrogens is 593 g/mol. The van der Waals surface area contributed by atoms with Gasteiger partial charge in [0, 0.05) is 16.0 Å². The molecule has 0 saturated carbocycles. The summed E-state index contributed by atoms with van der Waals surface area (Å²) in [5.41, 5.74) is 8.03. The number of nitrogens with zero attached hydrogens (tertiary/aromatic N) is 4. The quantitative estimate of drug-likeness (QED) is 0.138. The number of thiazole rings is 2. The van der Waals surface area contributed by atoms with Gasteiger partial charge in [0.2, 0.25) is 6.79 Å². The second kappa shape index (κ2) is 12.4. The van der Waals surface area contributed by atoms with Crippen molar-refractivity contribution < 1.29 is 33.5 Å². The Morgan fingerprint density at radius 3 is 2.61 bits per heavy atom. The van der Waals surface area contributed by atoms with E-state index in [2.05, 4.69) is 20.4 Å². The van der Waals surface area contributed by atoms with E-state index >= 15 is 0 Å². The van der Waals surface area contributed by atoms with Crippen molar-refractivity contribution >= 4 is 75.1 Å². The first-order chi connectivity index (χ1) is 19.4. The number of aromatic nitrogens is 2. The average Bonchev–Trinajstić information content (AvgIpc) is 3.54. The molecule has 1 unspecified atom stereocenters. The van der Waals surface area contributed by atoms with E-state index < -0.39 is 47.4 Å². The minimum atomic E-state index is -0.957. The van der Waals surface area contributed by atoms with Gasteiger partial charge in [0.15, 0.2) is 10.8 Å². The number of oxime groups is 1. The molecule has 0 bridgehead atoms. The molecule has 2 aliphatic heterocycles. The van der Waals surface area contributed by atoms with Gasteiger partial charge in [-0.2, -0.15) is 0 Å². The molecule has 1 saturated heterocycles. The Morgan fingerprint density at radius 2 is 2.00 bits per heavy atom. The van der Waals surface area contributed by atoms with Gasteiger partial charge in [0.1, 0.15) is 29.9 Å². The first kappa shape index (κ1) is 30.2. The van der Waals surface area contributed by atoms with Crippen LogP contribution in [-0.4, -0.2) is 75.4 Å². The van der Waals surface area contributed by atoms with Crippen molar-refractivity contribution in [2.24, 2.45) is 10.6 Å². The third-order valence-corrected chi connectivity index (χ3v) is 8.72. The van der Waals surface area contributed by atoms with E-state index in [1.54, 1.807) is 37.7 Å². The molecule has 3 N–H and O–H groups in total. The maximum Gasteiger partial charge on any atom is 0.358 e. The Bertz CT molecular complexity index is 1460. The highest BCUT2D eigenvalue weighted by molar-refractivity contribution is 8.00. The minimum absolute atomic E-state index is 0.00697. The maximum absolute atomic E-state index is 13.3. The van der Waals surface area contributed by atoms with Crippen LogP contribution in [0.3, 0.4) is 0 Å². The lowest BCUT2D eigenvalue weighted by atomic mass is 9.98. The van der Waals surface area contributed by atoms with E-state index in [9.17, 15) is 19.2 Å². The van der Waals surface area contributed by atoms with Crippen molar-refractivity contribution in [2.75, 3.05) is 25.4 Å². The normalized spacial score (nSPS) is 19.1. The lowest BCUT2D eigenvalue weighted by Gasteiger charge is -2.49. The van der Waals surface area contributed by atoms with Gasteiger partial charge >= 0.3 is 11.9 Å². The highest BCUT2D eigenvalue weighted by Gasteiger charge is 2.54. The Morgan fingerprint density at radius 1 is 1.24 bits per heavy atom. The number of anilines is 1. The number of carbonyl (C=O) groups excluding carboxylic acids is 4. The van der Waals surface area contributed by atoms with Crippen LogP contribution in [0.4, 0.5) is 5.13 Å². The first-order valence-electron chi connectivity index (χ1n) is 12.2. The van der Waals surface area contributed by atoms with Gasteiger partial charge < -0.3 is 25.4 Å². The molecule has 13 nitrogen and oxygen atoms in total. The molecule has 0 aromatic carbocycles. The van der Waals surface area contributed by atoms with E-state index in [-0.39, 0.29) is 22.2 Å². The number of β-lactam (4-membered cyclic amide) rings is 1. The van der Waals surface area contributed by atoms with E-state index in [4.69, 9.17) is 20.0 Å². The standard InChI is InChI=1S/C25H28N6O7S3/c1-12-15(41-10-27-12)7-6-13-8-39-21-17(29-19(32)16(30-36-5)14-9-40-24(26)28-14)20(33)31(21)18(13)22(34)37-11-38-23(35)25(2,3)4/h6-7,9-10,17,21H,8,11H2,1-5H3,(H2,26,28)(H,29,32)/b7-6-,30-16-/t17-,21?/m0/s1. The van der Waals surface area contributed by atoms with Crippen molar-refractivity contribution in [2.45, 2.75) is 39.1 Å². The van der Waals surface area contributed by atoms with E-state index in [1.807, 2.05) is 13.0 Å². The summed E-state index contributed by atoms with van der Waals surface area (Å²) in [6.07, 6.45) is 3.55. The molecule has 4 rings (SSSR count). The molecule has 0 spiro atoms. The van der Waals surface area contributed by atoms with Crippen molar-refractivity contribution in [3.05, 3.63) is 44.5 Å². The third-order valence-electron chi connectivity index (χ3n) is 5.85. The molecular formula is C25H28N6O7S3. The molecule has 16 heteroatoms. The van der Waals surface area contributed by atoms with Gasteiger partial charge in [-0.25, -0.2) is 14.8 Å². The topological polar surface area (TPSA) is 175 Å². The van der Waals surface area contributed by atoms with E-state index in [0.717, 1.165) is 21.9 Å². The molecule has 2 amide bonds. The predicted molar refractivity (Wildman–Crippen MR) is 155 cm³/mol. The number of nitrogen functional groups attached to an aromatic ring is 1. The number of fused-ring (bicyclic) bond motifs is 1. The van der Waals surface area contributed by atoms with Crippen LogP contribution in [-0.2, 0) is 33.5 Å². The van der Waals surface area contributed by atoms with Crippen LogP contribution >= 0.6 is 34.4 Å². The molecule has 2 aromatic rings.